The summed E-state index contributed by atoms with van der Waals surface area (Å²) in [6.45, 7) is 8.85. The van der Waals surface area contributed by atoms with Crippen molar-refractivity contribution in [2.24, 2.45) is 0 Å². The molecule has 0 saturated carbocycles. The van der Waals surface area contributed by atoms with Gasteiger partial charge in [0.2, 0.25) is 0 Å². The molecule has 0 radical (unpaired) electrons. The molecule has 0 bridgehead atoms. The lowest BCUT2D eigenvalue weighted by Crippen LogP contribution is -2.24. The summed E-state index contributed by atoms with van der Waals surface area (Å²) >= 11 is 0. The number of hydrogen-bond donors (Lipinski definition) is 1. The summed E-state index contributed by atoms with van der Waals surface area (Å²) in [5, 5.41) is 0. The first kappa shape index (κ1) is 12.9. The molecule has 2 aromatic rings. The normalized spacial score (nSPS) is 12.9. The Morgan fingerprint density at radius 3 is 2.22 bits per heavy atom. The average Bonchev–Trinajstić information content (AvgIpc) is 2.99. The zero-order valence-electron chi connectivity index (χ0n) is 11.5. The number of H-pyrrole nitrogens is 1. The van der Waals surface area contributed by atoms with Crippen molar-refractivity contribution in [1.29, 1.82) is 0 Å². The van der Waals surface area contributed by atoms with Crippen LogP contribution in [0.15, 0.2) is 29.6 Å². The van der Waals surface area contributed by atoms with Crippen LogP contribution in [0.1, 0.15) is 51.9 Å². The number of rotatable bonds is 5. The summed E-state index contributed by atoms with van der Waals surface area (Å²) in [5.74, 6) is 0. The zero-order chi connectivity index (χ0) is 13.2. The minimum absolute atomic E-state index is 0.0284. The van der Waals surface area contributed by atoms with E-state index in [1.807, 2.05) is 6.20 Å². The number of oxazole rings is 1. The van der Waals surface area contributed by atoms with Crippen molar-refractivity contribution < 1.29 is 4.42 Å². The van der Waals surface area contributed by atoms with Gasteiger partial charge in [-0.05, 0) is 12.8 Å². The van der Waals surface area contributed by atoms with Crippen LogP contribution in [-0.4, -0.2) is 15.0 Å². The SMILES string of the molecule is CC(C)(CCC(C)(C)c1cocn1)c1c[nH]cn1. The lowest BCUT2D eigenvalue weighted by atomic mass is 9.76. The highest BCUT2D eigenvalue weighted by atomic mass is 16.3. The topological polar surface area (TPSA) is 54.7 Å². The number of imidazole rings is 1. The number of aromatic nitrogens is 3. The van der Waals surface area contributed by atoms with Gasteiger partial charge in [-0.1, -0.05) is 27.7 Å². The van der Waals surface area contributed by atoms with E-state index in [2.05, 4.69) is 42.6 Å². The van der Waals surface area contributed by atoms with Crippen LogP contribution in [0.25, 0.3) is 0 Å². The van der Waals surface area contributed by atoms with Gasteiger partial charge in [0, 0.05) is 17.0 Å². The smallest absolute Gasteiger partial charge is 0.180 e. The molecule has 4 nitrogen and oxygen atoms in total. The minimum Gasteiger partial charge on any atom is -0.451 e. The standard InChI is InChI=1S/C14H21N3O/c1-13(2,11-7-15-9-16-11)5-6-14(3,4)12-8-18-10-17-12/h7-10H,5-6H2,1-4H3,(H,15,16). The van der Waals surface area contributed by atoms with Crippen molar-refractivity contribution in [2.45, 2.75) is 51.4 Å². The van der Waals surface area contributed by atoms with Crippen molar-refractivity contribution in [3.8, 4) is 0 Å². The van der Waals surface area contributed by atoms with Gasteiger partial charge >= 0.3 is 0 Å². The van der Waals surface area contributed by atoms with E-state index in [9.17, 15) is 0 Å². The summed E-state index contributed by atoms with van der Waals surface area (Å²) in [4.78, 5) is 11.6. The van der Waals surface area contributed by atoms with Gasteiger partial charge in [0.05, 0.1) is 17.7 Å². The largest absolute Gasteiger partial charge is 0.451 e. The molecule has 0 atom stereocenters. The second-order valence-electron chi connectivity index (χ2n) is 6.10. The van der Waals surface area contributed by atoms with Crippen LogP contribution in [0, 0.1) is 0 Å². The first-order chi connectivity index (χ1) is 8.42. The highest BCUT2D eigenvalue weighted by Gasteiger charge is 2.29. The van der Waals surface area contributed by atoms with E-state index in [0.717, 1.165) is 24.2 Å². The molecule has 2 rings (SSSR count). The van der Waals surface area contributed by atoms with E-state index in [1.165, 1.54) is 6.39 Å². The Balaban J connectivity index is 2.03. The van der Waals surface area contributed by atoms with Crippen molar-refractivity contribution in [3.05, 3.63) is 36.6 Å². The predicted octanol–water partition coefficient (Wildman–Crippen LogP) is 3.43. The number of nitrogens with one attached hydrogen (secondary N) is 1. The Bertz CT molecular complexity index is 423. The van der Waals surface area contributed by atoms with Crippen molar-refractivity contribution in [1.82, 2.24) is 15.0 Å². The lowest BCUT2D eigenvalue weighted by Gasteiger charge is -2.28. The van der Waals surface area contributed by atoms with E-state index < -0.39 is 0 Å². The molecule has 0 fully saturated rings. The van der Waals surface area contributed by atoms with Crippen molar-refractivity contribution in [2.75, 3.05) is 0 Å². The summed E-state index contributed by atoms with van der Waals surface area (Å²) in [6, 6.07) is 0. The molecule has 2 aromatic heterocycles. The van der Waals surface area contributed by atoms with Gasteiger partial charge < -0.3 is 9.40 Å². The maximum absolute atomic E-state index is 5.08. The molecule has 0 aliphatic carbocycles. The zero-order valence-corrected chi connectivity index (χ0v) is 11.5. The molecular formula is C14H21N3O. The van der Waals surface area contributed by atoms with Gasteiger partial charge in [0.1, 0.15) is 6.26 Å². The fraction of sp³-hybridized carbons (Fsp3) is 0.571. The first-order valence-corrected chi connectivity index (χ1v) is 6.30. The molecule has 0 amide bonds. The molecule has 0 spiro atoms. The van der Waals surface area contributed by atoms with Gasteiger partial charge in [-0.15, -0.1) is 0 Å². The highest BCUT2D eigenvalue weighted by Crippen LogP contribution is 2.34. The fourth-order valence-electron chi connectivity index (χ4n) is 2.06. The van der Waals surface area contributed by atoms with E-state index in [-0.39, 0.29) is 10.8 Å². The van der Waals surface area contributed by atoms with Crippen LogP contribution in [0.4, 0.5) is 0 Å². The number of aromatic amines is 1. The summed E-state index contributed by atoms with van der Waals surface area (Å²) in [7, 11) is 0. The van der Waals surface area contributed by atoms with Crippen LogP contribution in [0.3, 0.4) is 0 Å². The molecule has 98 valence electrons. The molecule has 0 aliphatic rings. The second kappa shape index (κ2) is 4.59. The fourth-order valence-corrected chi connectivity index (χ4v) is 2.06. The van der Waals surface area contributed by atoms with Crippen LogP contribution >= 0.6 is 0 Å². The third-order valence-corrected chi connectivity index (χ3v) is 3.69. The molecule has 0 unspecified atom stereocenters. The maximum Gasteiger partial charge on any atom is 0.180 e. The Morgan fingerprint density at radius 2 is 1.72 bits per heavy atom. The summed E-state index contributed by atoms with van der Waals surface area (Å²) in [5.41, 5.74) is 2.22. The monoisotopic (exact) mass is 247 g/mol. The Morgan fingerprint density at radius 1 is 1.06 bits per heavy atom. The predicted molar refractivity (Wildman–Crippen MR) is 70.4 cm³/mol. The first-order valence-electron chi connectivity index (χ1n) is 6.30. The molecule has 0 aliphatic heterocycles. The highest BCUT2D eigenvalue weighted by molar-refractivity contribution is 5.13. The third kappa shape index (κ3) is 2.63. The van der Waals surface area contributed by atoms with Crippen LogP contribution in [0.5, 0.6) is 0 Å². The number of nitrogens with zero attached hydrogens (tertiary/aromatic N) is 2. The molecule has 0 aromatic carbocycles. The van der Waals surface area contributed by atoms with Gasteiger partial charge in [-0.3, -0.25) is 0 Å². The van der Waals surface area contributed by atoms with Crippen LogP contribution < -0.4 is 0 Å². The Labute approximate surface area is 108 Å². The van der Waals surface area contributed by atoms with Gasteiger partial charge in [0.25, 0.3) is 0 Å². The molecule has 1 N–H and O–H groups in total. The summed E-state index contributed by atoms with van der Waals surface area (Å²) in [6.07, 6.45) is 9.04. The maximum atomic E-state index is 5.08. The lowest BCUT2D eigenvalue weighted by molar-refractivity contribution is 0.363. The molecule has 0 saturated heterocycles. The molecule has 2 heterocycles. The van der Waals surface area contributed by atoms with E-state index in [1.54, 1.807) is 12.6 Å². The van der Waals surface area contributed by atoms with Gasteiger partial charge in [-0.2, -0.15) is 0 Å². The number of hydrogen-bond acceptors (Lipinski definition) is 3. The van der Waals surface area contributed by atoms with Crippen molar-refractivity contribution >= 4 is 0 Å². The van der Waals surface area contributed by atoms with Crippen LogP contribution in [0.2, 0.25) is 0 Å². The van der Waals surface area contributed by atoms with Crippen LogP contribution in [-0.2, 0) is 10.8 Å². The molecular weight excluding hydrogens is 226 g/mol. The molecule has 18 heavy (non-hydrogen) atoms. The van der Waals surface area contributed by atoms with E-state index in [0.29, 0.717) is 0 Å². The minimum atomic E-state index is 0.0284. The van der Waals surface area contributed by atoms with Gasteiger partial charge in [-0.25, -0.2) is 9.97 Å². The van der Waals surface area contributed by atoms with E-state index >= 15 is 0 Å². The summed E-state index contributed by atoms with van der Waals surface area (Å²) < 4.78 is 5.08. The van der Waals surface area contributed by atoms with Gasteiger partial charge in [0.15, 0.2) is 6.39 Å². The average molecular weight is 247 g/mol. The Kier molecular flexibility index (Phi) is 3.28. The quantitative estimate of drug-likeness (QED) is 0.880. The molecule has 4 heteroatoms. The second-order valence-corrected chi connectivity index (χ2v) is 6.10. The van der Waals surface area contributed by atoms with Crippen molar-refractivity contribution in [3.63, 3.8) is 0 Å². The Hall–Kier alpha value is -1.58. The van der Waals surface area contributed by atoms with E-state index in [4.69, 9.17) is 4.42 Å². The third-order valence-electron chi connectivity index (χ3n) is 3.69.